The van der Waals surface area contributed by atoms with Gasteiger partial charge < -0.3 is 25.0 Å². The zero-order chi connectivity index (χ0) is 16.3. The summed E-state index contributed by atoms with van der Waals surface area (Å²) in [6.45, 7) is 6.92. The van der Waals surface area contributed by atoms with Crippen LogP contribution in [0.4, 0.5) is 0 Å². The van der Waals surface area contributed by atoms with E-state index in [9.17, 15) is 4.79 Å². The van der Waals surface area contributed by atoms with Crippen molar-refractivity contribution in [2.75, 3.05) is 59.6 Å². The number of piperazine rings is 1. The van der Waals surface area contributed by atoms with Gasteiger partial charge in [-0.3, -0.25) is 4.79 Å². The fraction of sp³-hybridized carbons (Fsp3) is 0.588. The first-order chi connectivity index (χ1) is 11.3. The van der Waals surface area contributed by atoms with Gasteiger partial charge in [0.2, 0.25) is 0 Å². The molecular weight excluding hydrogens is 294 g/mol. The van der Waals surface area contributed by atoms with Crippen LogP contribution in [0.2, 0.25) is 0 Å². The second-order valence-corrected chi connectivity index (χ2v) is 5.54. The molecule has 2 rings (SSSR count). The van der Waals surface area contributed by atoms with Crippen LogP contribution >= 0.6 is 0 Å². The third-order valence-electron chi connectivity index (χ3n) is 3.82. The number of nitrogens with one attached hydrogen (secondary N) is 2. The van der Waals surface area contributed by atoms with Gasteiger partial charge in [0.1, 0.15) is 12.4 Å². The van der Waals surface area contributed by atoms with Gasteiger partial charge >= 0.3 is 0 Å². The summed E-state index contributed by atoms with van der Waals surface area (Å²) in [5.41, 5.74) is 0.575. The van der Waals surface area contributed by atoms with Crippen LogP contribution < -0.4 is 15.4 Å². The maximum atomic E-state index is 12.3. The van der Waals surface area contributed by atoms with Gasteiger partial charge in [-0.05, 0) is 25.1 Å². The summed E-state index contributed by atoms with van der Waals surface area (Å²) in [7, 11) is 1.63. The Morgan fingerprint density at radius 1 is 1.26 bits per heavy atom. The molecule has 0 atom stereocenters. The molecule has 23 heavy (non-hydrogen) atoms. The van der Waals surface area contributed by atoms with Crippen LogP contribution in [0.15, 0.2) is 24.3 Å². The molecule has 1 amide bonds. The van der Waals surface area contributed by atoms with Gasteiger partial charge in [-0.15, -0.1) is 0 Å². The van der Waals surface area contributed by atoms with Crippen molar-refractivity contribution in [3.8, 4) is 5.75 Å². The van der Waals surface area contributed by atoms with Crippen molar-refractivity contribution in [1.82, 2.24) is 15.5 Å². The van der Waals surface area contributed by atoms with Gasteiger partial charge in [0.25, 0.3) is 5.91 Å². The lowest BCUT2D eigenvalue weighted by molar-refractivity contribution is 0.0943. The second-order valence-electron chi connectivity index (χ2n) is 5.54. The zero-order valence-electron chi connectivity index (χ0n) is 13.8. The van der Waals surface area contributed by atoms with Gasteiger partial charge in [-0.2, -0.15) is 0 Å². The number of ether oxygens (including phenoxy) is 2. The summed E-state index contributed by atoms with van der Waals surface area (Å²) in [5.74, 6) is 0.516. The molecule has 1 aliphatic rings. The Hall–Kier alpha value is -1.63. The van der Waals surface area contributed by atoms with Crippen molar-refractivity contribution in [2.45, 2.75) is 6.42 Å². The van der Waals surface area contributed by atoms with E-state index in [1.165, 1.54) is 0 Å². The minimum atomic E-state index is -0.0849. The average Bonchev–Trinajstić information content (AvgIpc) is 2.60. The first kappa shape index (κ1) is 17.7. The van der Waals surface area contributed by atoms with Crippen molar-refractivity contribution in [2.24, 2.45) is 0 Å². The molecule has 1 saturated heterocycles. The Labute approximate surface area is 138 Å². The standard InChI is InChI=1S/C17H27N3O3/c1-22-13-14-23-16-6-3-2-5-15(16)17(21)19-7-4-10-20-11-8-18-9-12-20/h2-3,5-6,18H,4,7-14H2,1H3,(H,19,21). The van der Waals surface area contributed by atoms with Crippen LogP contribution in [0.5, 0.6) is 5.75 Å². The average molecular weight is 321 g/mol. The van der Waals surface area contributed by atoms with Crippen molar-refractivity contribution in [3.05, 3.63) is 29.8 Å². The summed E-state index contributed by atoms with van der Waals surface area (Å²) in [4.78, 5) is 14.7. The van der Waals surface area contributed by atoms with Crippen molar-refractivity contribution in [3.63, 3.8) is 0 Å². The van der Waals surface area contributed by atoms with E-state index >= 15 is 0 Å². The van der Waals surface area contributed by atoms with Crippen LogP contribution in [-0.4, -0.2) is 70.4 Å². The van der Waals surface area contributed by atoms with Gasteiger partial charge in [0.05, 0.1) is 12.2 Å². The molecular formula is C17H27N3O3. The Kier molecular flexibility index (Phi) is 7.86. The summed E-state index contributed by atoms with van der Waals surface area (Å²) in [5, 5.41) is 6.31. The predicted molar refractivity (Wildman–Crippen MR) is 90.1 cm³/mol. The molecule has 2 N–H and O–H groups in total. The van der Waals surface area contributed by atoms with Crippen LogP contribution in [0.1, 0.15) is 16.8 Å². The lowest BCUT2D eigenvalue weighted by Crippen LogP contribution is -2.44. The largest absolute Gasteiger partial charge is 0.490 e. The third-order valence-corrected chi connectivity index (χ3v) is 3.82. The quantitative estimate of drug-likeness (QED) is 0.657. The van der Waals surface area contributed by atoms with E-state index in [0.29, 0.717) is 31.1 Å². The van der Waals surface area contributed by atoms with E-state index in [4.69, 9.17) is 9.47 Å². The lowest BCUT2D eigenvalue weighted by atomic mass is 10.2. The molecule has 1 aromatic rings. The highest BCUT2D eigenvalue weighted by Crippen LogP contribution is 2.17. The number of benzene rings is 1. The molecule has 0 spiro atoms. The molecule has 1 aliphatic heterocycles. The van der Waals surface area contributed by atoms with Crippen molar-refractivity contribution < 1.29 is 14.3 Å². The second kappa shape index (κ2) is 10.2. The van der Waals surface area contributed by atoms with E-state index in [0.717, 1.165) is 39.1 Å². The van der Waals surface area contributed by atoms with Crippen molar-refractivity contribution in [1.29, 1.82) is 0 Å². The SMILES string of the molecule is COCCOc1ccccc1C(=O)NCCCN1CCNCC1. The highest BCUT2D eigenvalue weighted by molar-refractivity contribution is 5.96. The highest BCUT2D eigenvalue weighted by atomic mass is 16.5. The highest BCUT2D eigenvalue weighted by Gasteiger charge is 2.12. The molecule has 1 fully saturated rings. The number of methoxy groups -OCH3 is 1. The minimum Gasteiger partial charge on any atom is -0.490 e. The molecule has 0 saturated carbocycles. The van der Waals surface area contributed by atoms with E-state index in [2.05, 4.69) is 15.5 Å². The van der Waals surface area contributed by atoms with E-state index < -0.39 is 0 Å². The van der Waals surface area contributed by atoms with Crippen molar-refractivity contribution >= 4 is 5.91 Å². The number of carbonyl (C=O) groups excluding carboxylic acids is 1. The molecule has 6 heteroatoms. The van der Waals surface area contributed by atoms with Crippen LogP contribution in [0.25, 0.3) is 0 Å². The van der Waals surface area contributed by atoms with E-state index in [1.807, 2.05) is 18.2 Å². The molecule has 128 valence electrons. The first-order valence-corrected chi connectivity index (χ1v) is 8.23. The maximum absolute atomic E-state index is 12.3. The molecule has 0 radical (unpaired) electrons. The van der Waals surface area contributed by atoms with Crippen LogP contribution in [0.3, 0.4) is 0 Å². The number of nitrogens with zero attached hydrogens (tertiary/aromatic N) is 1. The summed E-state index contributed by atoms with van der Waals surface area (Å²) >= 11 is 0. The number of hydrogen-bond donors (Lipinski definition) is 2. The molecule has 6 nitrogen and oxygen atoms in total. The monoisotopic (exact) mass is 321 g/mol. The number of rotatable bonds is 9. The first-order valence-electron chi connectivity index (χ1n) is 8.23. The number of hydrogen-bond acceptors (Lipinski definition) is 5. The topological polar surface area (TPSA) is 62.8 Å². The zero-order valence-corrected chi connectivity index (χ0v) is 13.8. The van der Waals surface area contributed by atoms with E-state index in [-0.39, 0.29) is 5.91 Å². The summed E-state index contributed by atoms with van der Waals surface area (Å²) in [6, 6.07) is 7.31. The smallest absolute Gasteiger partial charge is 0.255 e. The Morgan fingerprint density at radius 3 is 2.83 bits per heavy atom. The van der Waals surface area contributed by atoms with Gasteiger partial charge in [0.15, 0.2) is 0 Å². The van der Waals surface area contributed by atoms with Gasteiger partial charge in [0, 0.05) is 39.8 Å². The van der Waals surface area contributed by atoms with E-state index in [1.54, 1.807) is 13.2 Å². The predicted octanol–water partition coefficient (Wildman–Crippen LogP) is 0.737. The maximum Gasteiger partial charge on any atom is 0.255 e. The normalized spacial score (nSPS) is 15.3. The fourth-order valence-electron chi connectivity index (χ4n) is 2.55. The molecule has 0 aliphatic carbocycles. The third kappa shape index (κ3) is 6.17. The summed E-state index contributed by atoms with van der Waals surface area (Å²) < 4.78 is 10.6. The van der Waals surface area contributed by atoms with Gasteiger partial charge in [-0.25, -0.2) is 0 Å². The molecule has 0 unspecified atom stereocenters. The summed E-state index contributed by atoms with van der Waals surface area (Å²) in [6.07, 6.45) is 0.957. The molecule has 1 aromatic carbocycles. The Bertz CT molecular complexity index is 476. The molecule has 1 heterocycles. The Balaban J connectivity index is 1.74. The fourth-order valence-corrected chi connectivity index (χ4v) is 2.55. The lowest BCUT2D eigenvalue weighted by Gasteiger charge is -2.27. The number of amides is 1. The number of carbonyl (C=O) groups is 1. The Morgan fingerprint density at radius 2 is 2.04 bits per heavy atom. The minimum absolute atomic E-state index is 0.0849. The van der Waals surface area contributed by atoms with Crippen LogP contribution in [0, 0.1) is 0 Å². The molecule has 0 bridgehead atoms. The van der Waals surface area contributed by atoms with Crippen LogP contribution in [-0.2, 0) is 4.74 Å². The molecule has 0 aromatic heterocycles. The number of para-hydroxylation sites is 1. The van der Waals surface area contributed by atoms with Gasteiger partial charge in [-0.1, -0.05) is 12.1 Å².